The molecule has 94 valence electrons. The highest BCUT2D eigenvalue weighted by atomic mass is 15.2. The summed E-state index contributed by atoms with van der Waals surface area (Å²) in [5.74, 6) is 1.66. The van der Waals surface area contributed by atoms with Gasteiger partial charge in [-0.25, -0.2) is 0 Å². The molecule has 1 aromatic carbocycles. The molecular weight excluding hydrogens is 208 g/mol. The third-order valence-electron chi connectivity index (χ3n) is 3.87. The molecule has 0 saturated carbocycles. The number of anilines is 1. The minimum atomic E-state index is 0.802. The van der Waals surface area contributed by atoms with Crippen molar-refractivity contribution >= 4 is 5.69 Å². The van der Waals surface area contributed by atoms with E-state index in [0.29, 0.717) is 0 Å². The van der Waals surface area contributed by atoms with Gasteiger partial charge in [0.25, 0.3) is 0 Å². The van der Waals surface area contributed by atoms with Gasteiger partial charge >= 0.3 is 0 Å². The number of nitrogens with one attached hydrogen (secondary N) is 1. The lowest BCUT2D eigenvalue weighted by atomic mass is 9.95. The van der Waals surface area contributed by atoms with Crippen LogP contribution in [0.1, 0.15) is 25.8 Å². The van der Waals surface area contributed by atoms with Crippen molar-refractivity contribution in [2.75, 3.05) is 25.0 Å². The highest BCUT2D eigenvalue weighted by Gasteiger charge is 2.25. The summed E-state index contributed by atoms with van der Waals surface area (Å²) in [7, 11) is 2.01. The Labute approximate surface area is 105 Å². The van der Waals surface area contributed by atoms with Crippen molar-refractivity contribution in [1.29, 1.82) is 0 Å². The van der Waals surface area contributed by atoms with Crippen LogP contribution in [-0.4, -0.2) is 20.1 Å². The van der Waals surface area contributed by atoms with Crippen molar-refractivity contribution in [3.8, 4) is 0 Å². The van der Waals surface area contributed by atoms with Crippen LogP contribution in [0.4, 0.5) is 5.69 Å². The molecular formula is C15H24N2. The van der Waals surface area contributed by atoms with Crippen molar-refractivity contribution < 1.29 is 0 Å². The molecule has 2 heteroatoms. The molecule has 17 heavy (non-hydrogen) atoms. The summed E-state index contributed by atoms with van der Waals surface area (Å²) in [4.78, 5) is 2.55. The molecule has 1 heterocycles. The van der Waals surface area contributed by atoms with Gasteiger partial charge < -0.3 is 10.2 Å². The number of benzene rings is 1. The molecule has 1 fully saturated rings. The van der Waals surface area contributed by atoms with E-state index in [2.05, 4.69) is 48.3 Å². The van der Waals surface area contributed by atoms with Crippen LogP contribution in [-0.2, 0) is 6.54 Å². The third-order valence-corrected chi connectivity index (χ3v) is 3.87. The van der Waals surface area contributed by atoms with Crippen molar-refractivity contribution in [3.05, 3.63) is 29.8 Å². The van der Waals surface area contributed by atoms with E-state index < -0.39 is 0 Å². The lowest BCUT2D eigenvalue weighted by Gasteiger charge is -2.23. The van der Waals surface area contributed by atoms with Crippen LogP contribution in [0.3, 0.4) is 0 Å². The van der Waals surface area contributed by atoms with Gasteiger partial charge in [0.1, 0.15) is 0 Å². The molecule has 1 atom stereocenters. The minimum Gasteiger partial charge on any atom is -0.371 e. The molecule has 0 amide bonds. The van der Waals surface area contributed by atoms with Crippen LogP contribution in [0.15, 0.2) is 24.3 Å². The van der Waals surface area contributed by atoms with E-state index in [1.807, 2.05) is 7.05 Å². The number of rotatable bonds is 4. The number of hydrogen-bond donors (Lipinski definition) is 1. The first kappa shape index (κ1) is 12.4. The Kier molecular flexibility index (Phi) is 4.06. The first-order valence-corrected chi connectivity index (χ1v) is 6.70. The predicted molar refractivity (Wildman–Crippen MR) is 74.4 cm³/mol. The van der Waals surface area contributed by atoms with E-state index in [4.69, 9.17) is 0 Å². The molecule has 1 aliphatic heterocycles. The SMILES string of the molecule is CNCc1ccccc1N1CCC(C(C)C)C1. The topological polar surface area (TPSA) is 15.3 Å². The molecule has 2 rings (SSSR count). The normalized spacial score (nSPS) is 20.2. The van der Waals surface area contributed by atoms with Gasteiger partial charge in [-0.3, -0.25) is 0 Å². The maximum atomic E-state index is 3.26. The molecule has 0 aromatic heterocycles. The minimum absolute atomic E-state index is 0.802. The van der Waals surface area contributed by atoms with Gasteiger partial charge in [0.2, 0.25) is 0 Å². The van der Waals surface area contributed by atoms with E-state index in [9.17, 15) is 0 Å². The maximum absolute atomic E-state index is 3.26. The lowest BCUT2D eigenvalue weighted by molar-refractivity contribution is 0.422. The Morgan fingerprint density at radius 1 is 1.35 bits per heavy atom. The largest absolute Gasteiger partial charge is 0.371 e. The fourth-order valence-corrected chi connectivity index (χ4v) is 2.71. The summed E-state index contributed by atoms with van der Waals surface area (Å²) in [6, 6.07) is 8.77. The molecule has 0 spiro atoms. The van der Waals surface area contributed by atoms with Crippen LogP contribution in [0, 0.1) is 11.8 Å². The average Bonchev–Trinajstić information content (AvgIpc) is 2.79. The predicted octanol–water partition coefficient (Wildman–Crippen LogP) is 2.89. The average molecular weight is 232 g/mol. The second kappa shape index (κ2) is 5.54. The lowest BCUT2D eigenvalue weighted by Crippen LogP contribution is -2.23. The van der Waals surface area contributed by atoms with E-state index in [0.717, 1.165) is 18.4 Å². The van der Waals surface area contributed by atoms with Gasteiger partial charge in [0.15, 0.2) is 0 Å². The van der Waals surface area contributed by atoms with E-state index in [-0.39, 0.29) is 0 Å². The van der Waals surface area contributed by atoms with Crippen molar-refractivity contribution in [2.24, 2.45) is 11.8 Å². The van der Waals surface area contributed by atoms with Crippen LogP contribution in [0.5, 0.6) is 0 Å². The number of para-hydroxylation sites is 1. The molecule has 2 nitrogen and oxygen atoms in total. The zero-order valence-electron chi connectivity index (χ0n) is 11.2. The standard InChI is InChI=1S/C15H24N2/c1-12(2)14-8-9-17(11-14)15-7-5-4-6-13(15)10-16-3/h4-7,12,14,16H,8-11H2,1-3H3. The van der Waals surface area contributed by atoms with Gasteiger partial charge in [0, 0.05) is 25.3 Å². The fraction of sp³-hybridized carbons (Fsp3) is 0.600. The summed E-state index contributed by atoms with van der Waals surface area (Å²) in [6.07, 6.45) is 1.34. The Morgan fingerprint density at radius 3 is 2.76 bits per heavy atom. The van der Waals surface area contributed by atoms with Gasteiger partial charge in [-0.1, -0.05) is 32.0 Å². The van der Waals surface area contributed by atoms with Crippen LogP contribution < -0.4 is 10.2 Å². The molecule has 0 bridgehead atoms. The van der Waals surface area contributed by atoms with Crippen molar-refractivity contribution in [2.45, 2.75) is 26.8 Å². The molecule has 1 unspecified atom stereocenters. The zero-order valence-corrected chi connectivity index (χ0v) is 11.2. The smallest absolute Gasteiger partial charge is 0.0411 e. The quantitative estimate of drug-likeness (QED) is 0.858. The highest BCUT2D eigenvalue weighted by molar-refractivity contribution is 5.54. The van der Waals surface area contributed by atoms with Crippen LogP contribution >= 0.6 is 0 Å². The summed E-state index contributed by atoms with van der Waals surface area (Å²) < 4.78 is 0. The number of hydrogen-bond acceptors (Lipinski definition) is 2. The second-order valence-electron chi connectivity index (χ2n) is 5.40. The van der Waals surface area contributed by atoms with Crippen molar-refractivity contribution in [1.82, 2.24) is 5.32 Å². The summed E-state index contributed by atoms with van der Waals surface area (Å²) in [6.45, 7) is 8.07. The van der Waals surface area contributed by atoms with Crippen LogP contribution in [0.25, 0.3) is 0 Å². The molecule has 1 aliphatic rings. The maximum Gasteiger partial charge on any atom is 0.0411 e. The monoisotopic (exact) mass is 232 g/mol. The zero-order chi connectivity index (χ0) is 12.3. The summed E-state index contributed by atoms with van der Waals surface area (Å²) in [5.41, 5.74) is 2.84. The molecule has 0 aliphatic carbocycles. The summed E-state index contributed by atoms with van der Waals surface area (Å²) >= 11 is 0. The Balaban J connectivity index is 2.12. The Bertz CT molecular complexity index is 360. The van der Waals surface area contributed by atoms with Crippen molar-refractivity contribution in [3.63, 3.8) is 0 Å². The Morgan fingerprint density at radius 2 is 2.12 bits per heavy atom. The van der Waals surface area contributed by atoms with Gasteiger partial charge in [0.05, 0.1) is 0 Å². The van der Waals surface area contributed by atoms with Crippen LogP contribution in [0.2, 0.25) is 0 Å². The van der Waals surface area contributed by atoms with Gasteiger partial charge in [-0.05, 0) is 36.9 Å². The van der Waals surface area contributed by atoms with Gasteiger partial charge in [-0.15, -0.1) is 0 Å². The number of nitrogens with zero attached hydrogens (tertiary/aromatic N) is 1. The van der Waals surface area contributed by atoms with E-state index in [1.54, 1.807) is 0 Å². The first-order chi connectivity index (χ1) is 8.22. The first-order valence-electron chi connectivity index (χ1n) is 6.70. The fourth-order valence-electron chi connectivity index (χ4n) is 2.71. The molecule has 1 N–H and O–H groups in total. The highest BCUT2D eigenvalue weighted by Crippen LogP contribution is 2.30. The Hall–Kier alpha value is -1.02. The second-order valence-corrected chi connectivity index (χ2v) is 5.40. The molecule has 0 radical (unpaired) electrons. The van der Waals surface area contributed by atoms with E-state index in [1.165, 1.54) is 30.8 Å². The van der Waals surface area contributed by atoms with Gasteiger partial charge in [-0.2, -0.15) is 0 Å². The molecule has 1 saturated heterocycles. The summed E-state index contributed by atoms with van der Waals surface area (Å²) in [5, 5.41) is 3.26. The third kappa shape index (κ3) is 2.81. The van der Waals surface area contributed by atoms with E-state index >= 15 is 0 Å². The molecule has 1 aromatic rings.